The topological polar surface area (TPSA) is 65.6 Å². The van der Waals surface area contributed by atoms with Gasteiger partial charge in [0, 0.05) is 13.1 Å². The first kappa shape index (κ1) is 19.0. The number of aliphatic hydroxyl groups excluding tert-OH is 1. The van der Waals surface area contributed by atoms with Crippen molar-refractivity contribution in [3.63, 3.8) is 0 Å². The zero-order valence-corrected chi connectivity index (χ0v) is 15.8. The van der Waals surface area contributed by atoms with E-state index in [1.165, 1.54) is 18.4 Å². The van der Waals surface area contributed by atoms with Crippen LogP contribution in [0.25, 0.3) is 0 Å². The van der Waals surface area contributed by atoms with Crippen LogP contribution in [0.2, 0.25) is 0 Å². The van der Waals surface area contributed by atoms with E-state index in [0.717, 1.165) is 26.2 Å². The van der Waals surface area contributed by atoms with Gasteiger partial charge in [0.15, 0.2) is 0 Å². The van der Waals surface area contributed by atoms with Crippen LogP contribution in [0.5, 0.6) is 0 Å². The molecule has 1 aromatic carbocycles. The van der Waals surface area contributed by atoms with Gasteiger partial charge >= 0.3 is 0 Å². The van der Waals surface area contributed by atoms with Crippen molar-refractivity contribution in [3.05, 3.63) is 47.7 Å². The van der Waals surface area contributed by atoms with Gasteiger partial charge in [-0.1, -0.05) is 30.3 Å². The van der Waals surface area contributed by atoms with Crippen LogP contribution < -0.4 is 0 Å². The van der Waals surface area contributed by atoms with Gasteiger partial charge in [0.1, 0.15) is 0 Å². The fraction of sp³-hybridized carbons (Fsp3) is 0.600. The average molecular weight is 358 g/mol. The highest BCUT2D eigenvalue weighted by atomic mass is 16.4. The van der Waals surface area contributed by atoms with Crippen molar-refractivity contribution in [2.45, 2.75) is 38.8 Å². The fourth-order valence-corrected chi connectivity index (χ4v) is 3.66. The van der Waals surface area contributed by atoms with Crippen molar-refractivity contribution in [2.75, 3.05) is 33.2 Å². The molecule has 1 atom stereocenters. The second-order valence-electron chi connectivity index (χ2n) is 7.54. The van der Waals surface area contributed by atoms with Crippen molar-refractivity contribution in [1.82, 2.24) is 20.0 Å². The number of hydrogen-bond donors (Lipinski definition) is 1. The third kappa shape index (κ3) is 5.90. The van der Waals surface area contributed by atoms with Gasteiger partial charge in [-0.2, -0.15) is 0 Å². The SMILES string of the molecule is CC(O)CN1CCC(CN(C)Cc2nnc(Cc3ccccc3)o2)CC1. The molecule has 1 aromatic heterocycles. The Labute approximate surface area is 155 Å². The summed E-state index contributed by atoms with van der Waals surface area (Å²) in [6.45, 7) is 6.52. The molecule has 0 radical (unpaired) electrons. The normalized spacial score (nSPS) is 17.7. The van der Waals surface area contributed by atoms with Crippen LogP contribution in [0, 0.1) is 5.92 Å². The van der Waals surface area contributed by atoms with E-state index in [4.69, 9.17) is 4.42 Å². The molecule has 1 aliphatic rings. The highest BCUT2D eigenvalue weighted by Gasteiger charge is 2.21. The third-order valence-electron chi connectivity index (χ3n) is 4.91. The summed E-state index contributed by atoms with van der Waals surface area (Å²) >= 11 is 0. The molecule has 0 saturated carbocycles. The summed E-state index contributed by atoms with van der Waals surface area (Å²) in [5.41, 5.74) is 1.18. The molecule has 1 aliphatic heterocycles. The van der Waals surface area contributed by atoms with Gasteiger partial charge in [-0.05, 0) is 51.4 Å². The first-order valence-corrected chi connectivity index (χ1v) is 9.52. The maximum absolute atomic E-state index is 9.50. The third-order valence-corrected chi connectivity index (χ3v) is 4.91. The van der Waals surface area contributed by atoms with Gasteiger partial charge in [0.25, 0.3) is 0 Å². The molecule has 2 aromatic rings. The second-order valence-corrected chi connectivity index (χ2v) is 7.54. The van der Waals surface area contributed by atoms with E-state index in [0.29, 0.717) is 30.7 Å². The quantitative estimate of drug-likeness (QED) is 0.780. The van der Waals surface area contributed by atoms with Crippen molar-refractivity contribution < 1.29 is 9.52 Å². The summed E-state index contributed by atoms with van der Waals surface area (Å²) in [6.07, 6.45) is 2.80. The molecule has 0 bridgehead atoms. The number of benzene rings is 1. The molecule has 26 heavy (non-hydrogen) atoms. The number of rotatable bonds is 8. The lowest BCUT2D eigenvalue weighted by atomic mass is 9.96. The molecule has 2 heterocycles. The minimum atomic E-state index is -0.239. The number of nitrogens with zero attached hydrogens (tertiary/aromatic N) is 4. The zero-order valence-electron chi connectivity index (χ0n) is 15.8. The maximum Gasteiger partial charge on any atom is 0.230 e. The Morgan fingerprint density at radius 3 is 2.58 bits per heavy atom. The predicted molar refractivity (Wildman–Crippen MR) is 101 cm³/mol. The van der Waals surface area contributed by atoms with E-state index in [1.54, 1.807) is 0 Å². The lowest BCUT2D eigenvalue weighted by molar-refractivity contribution is 0.0910. The molecule has 0 spiro atoms. The van der Waals surface area contributed by atoms with Crippen LogP contribution in [0.15, 0.2) is 34.7 Å². The monoisotopic (exact) mass is 358 g/mol. The van der Waals surface area contributed by atoms with Gasteiger partial charge < -0.3 is 14.4 Å². The number of β-amino-alcohol motifs (C(OH)–C–C–N with tert-alkyl or cyclic N) is 1. The highest BCUT2D eigenvalue weighted by molar-refractivity contribution is 5.17. The first-order valence-electron chi connectivity index (χ1n) is 9.52. The van der Waals surface area contributed by atoms with E-state index in [-0.39, 0.29) is 6.10 Å². The molecular formula is C20H30N4O2. The maximum atomic E-state index is 9.50. The molecule has 1 fully saturated rings. The van der Waals surface area contributed by atoms with Crippen molar-refractivity contribution in [3.8, 4) is 0 Å². The van der Waals surface area contributed by atoms with Gasteiger partial charge in [0.2, 0.25) is 11.8 Å². The summed E-state index contributed by atoms with van der Waals surface area (Å²) in [5.74, 6) is 2.05. The Morgan fingerprint density at radius 1 is 1.19 bits per heavy atom. The zero-order chi connectivity index (χ0) is 18.4. The van der Waals surface area contributed by atoms with Gasteiger partial charge in [0.05, 0.1) is 19.1 Å². The van der Waals surface area contributed by atoms with E-state index in [2.05, 4.69) is 39.2 Å². The highest BCUT2D eigenvalue weighted by Crippen LogP contribution is 2.19. The first-order chi connectivity index (χ1) is 12.6. The summed E-state index contributed by atoms with van der Waals surface area (Å²) in [6, 6.07) is 10.2. The largest absolute Gasteiger partial charge is 0.424 e. The Kier molecular flexibility index (Phi) is 6.77. The minimum Gasteiger partial charge on any atom is -0.424 e. The summed E-state index contributed by atoms with van der Waals surface area (Å²) < 4.78 is 5.81. The van der Waals surface area contributed by atoms with E-state index in [9.17, 15) is 5.11 Å². The van der Waals surface area contributed by atoms with Gasteiger partial charge in [-0.3, -0.25) is 4.90 Å². The molecule has 6 nitrogen and oxygen atoms in total. The number of piperidine rings is 1. The Bertz CT molecular complexity index is 651. The van der Waals surface area contributed by atoms with Crippen LogP contribution in [-0.2, 0) is 13.0 Å². The van der Waals surface area contributed by atoms with Crippen LogP contribution >= 0.6 is 0 Å². The molecular weight excluding hydrogens is 328 g/mol. The molecule has 142 valence electrons. The van der Waals surface area contributed by atoms with Crippen LogP contribution in [-0.4, -0.2) is 64.4 Å². The van der Waals surface area contributed by atoms with Crippen LogP contribution in [0.1, 0.15) is 37.1 Å². The van der Waals surface area contributed by atoms with E-state index < -0.39 is 0 Å². The molecule has 1 saturated heterocycles. The standard InChI is InChI=1S/C20H30N4O2/c1-16(25)13-24-10-8-18(9-11-24)14-23(2)15-20-22-21-19(26-20)12-17-6-4-3-5-7-17/h3-7,16,18,25H,8-15H2,1-2H3. The number of aromatic nitrogens is 2. The lowest BCUT2D eigenvalue weighted by Crippen LogP contribution is -2.40. The Balaban J connectivity index is 1.42. The molecule has 0 aliphatic carbocycles. The van der Waals surface area contributed by atoms with E-state index >= 15 is 0 Å². The lowest BCUT2D eigenvalue weighted by Gasteiger charge is -2.34. The number of aliphatic hydroxyl groups is 1. The fourth-order valence-electron chi connectivity index (χ4n) is 3.66. The molecule has 1 N–H and O–H groups in total. The second kappa shape index (κ2) is 9.26. The van der Waals surface area contributed by atoms with Crippen molar-refractivity contribution in [1.29, 1.82) is 0 Å². The van der Waals surface area contributed by atoms with Crippen LogP contribution in [0.4, 0.5) is 0 Å². The number of likely N-dealkylation sites (tertiary alicyclic amines) is 1. The average Bonchev–Trinajstić information content (AvgIpc) is 3.04. The Morgan fingerprint density at radius 2 is 1.88 bits per heavy atom. The predicted octanol–water partition coefficient (Wildman–Crippen LogP) is 2.18. The summed E-state index contributed by atoms with van der Waals surface area (Å²) in [7, 11) is 2.11. The molecule has 1 unspecified atom stereocenters. The molecule has 6 heteroatoms. The molecule has 3 rings (SSSR count). The van der Waals surface area contributed by atoms with Crippen LogP contribution in [0.3, 0.4) is 0 Å². The summed E-state index contributed by atoms with van der Waals surface area (Å²) in [4.78, 5) is 4.63. The van der Waals surface area contributed by atoms with E-state index in [1.807, 2.05) is 25.1 Å². The molecule has 0 amide bonds. The van der Waals surface area contributed by atoms with Crippen molar-refractivity contribution in [2.24, 2.45) is 5.92 Å². The number of hydrogen-bond acceptors (Lipinski definition) is 6. The van der Waals surface area contributed by atoms with Gasteiger partial charge in [-0.25, -0.2) is 0 Å². The van der Waals surface area contributed by atoms with Crippen molar-refractivity contribution >= 4 is 0 Å². The smallest absolute Gasteiger partial charge is 0.230 e. The summed E-state index contributed by atoms with van der Waals surface area (Å²) in [5, 5.41) is 17.9. The minimum absolute atomic E-state index is 0.239. The van der Waals surface area contributed by atoms with Gasteiger partial charge in [-0.15, -0.1) is 10.2 Å². The Hall–Kier alpha value is -1.76.